The van der Waals surface area contributed by atoms with Crippen molar-refractivity contribution in [3.63, 3.8) is 0 Å². The predicted octanol–water partition coefficient (Wildman–Crippen LogP) is 2.16. The third-order valence-electron chi connectivity index (χ3n) is 4.25. The summed E-state index contributed by atoms with van der Waals surface area (Å²) in [5, 5.41) is 26.0. The van der Waals surface area contributed by atoms with Crippen LogP contribution in [0.5, 0.6) is 0 Å². The molecule has 1 atom stereocenters. The van der Waals surface area contributed by atoms with E-state index in [2.05, 4.69) is 21.5 Å². The van der Waals surface area contributed by atoms with Crippen LogP contribution in [0.2, 0.25) is 0 Å². The van der Waals surface area contributed by atoms with E-state index in [4.69, 9.17) is 5.26 Å². The molecule has 0 aliphatic heterocycles. The molecule has 3 rings (SSSR count). The van der Waals surface area contributed by atoms with E-state index < -0.39 is 11.6 Å². The van der Waals surface area contributed by atoms with Gasteiger partial charge in [0.15, 0.2) is 5.65 Å². The van der Waals surface area contributed by atoms with Gasteiger partial charge in [-0.2, -0.15) is 10.4 Å². The van der Waals surface area contributed by atoms with Gasteiger partial charge < -0.3 is 10.4 Å². The minimum atomic E-state index is -1.03. The Bertz CT molecular complexity index is 1010. The van der Waals surface area contributed by atoms with Gasteiger partial charge in [0.25, 0.3) is 5.91 Å². The van der Waals surface area contributed by atoms with E-state index in [-0.39, 0.29) is 11.6 Å². The normalized spacial score (nSPS) is 12.6. The lowest BCUT2D eigenvalue weighted by atomic mass is 10.0. The Morgan fingerprint density at radius 3 is 2.81 bits per heavy atom. The van der Waals surface area contributed by atoms with Gasteiger partial charge in [-0.05, 0) is 45.0 Å². The van der Waals surface area contributed by atoms with E-state index in [1.54, 1.807) is 57.3 Å². The van der Waals surface area contributed by atoms with Crippen LogP contribution in [0.25, 0.3) is 16.9 Å². The number of aromatic nitrogens is 3. The molecule has 132 valence electrons. The lowest BCUT2D eigenvalue weighted by Crippen LogP contribution is -2.47. The first-order chi connectivity index (χ1) is 12.3. The van der Waals surface area contributed by atoms with E-state index in [0.717, 1.165) is 5.56 Å². The molecule has 1 amide bonds. The van der Waals surface area contributed by atoms with E-state index in [0.29, 0.717) is 16.9 Å². The molecule has 0 radical (unpaired) electrons. The van der Waals surface area contributed by atoms with E-state index in [1.807, 2.05) is 6.07 Å². The predicted molar refractivity (Wildman–Crippen MR) is 96.4 cm³/mol. The summed E-state index contributed by atoms with van der Waals surface area (Å²) >= 11 is 0. The van der Waals surface area contributed by atoms with Crippen LogP contribution < -0.4 is 5.32 Å². The van der Waals surface area contributed by atoms with Gasteiger partial charge in [-0.15, -0.1) is 0 Å². The van der Waals surface area contributed by atoms with Gasteiger partial charge in [-0.1, -0.05) is 12.1 Å². The Balaban J connectivity index is 1.90. The summed E-state index contributed by atoms with van der Waals surface area (Å²) < 4.78 is 1.53. The van der Waals surface area contributed by atoms with Crippen molar-refractivity contribution in [3.05, 3.63) is 53.9 Å². The van der Waals surface area contributed by atoms with Crippen molar-refractivity contribution in [1.82, 2.24) is 19.9 Å². The molecule has 3 aromatic rings. The number of amides is 1. The zero-order chi connectivity index (χ0) is 18.9. The van der Waals surface area contributed by atoms with Gasteiger partial charge in [0.05, 0.1) is 35.2 Å². The van der Waals surface area contributed by atoms with Crippen molar-refractivity contribution >= 4 is 11.6 Å². The number of carbonyl (C=O) groups is 1. The molecule has 26 heavy (non-hydrogen) atoms. The first-order valence-corrected chi connectivity index (χ1v) is 8.18. The number of aliphatic hydroxyl groups is 1. The van der Waals surface area contributed by atoms with Crippen LogP contribution in [0.4, 0.5) is 0 Å². The first kappa shape index (κ1) is 17.6. The van der Waals surface area contributed by atoms with Gasteiger partial charge in [0.2, 0.25) is 0 Å². The van der Waals surface area contributed by atoms with Gasteiger partial charge in [0.1, 0.15) is 5.69 Å². The highest BCUT2D eigenvalue weighted by molar-refractivity contribution is 5.92. The number of carbonyl (C=O) groups excluding carboxylic acids is 1. The second-order valence-corrected chi connectivity index (χ2v) is 6.69. The number of benzene rings is 1. The Labute approximate surface area is 150 Å². The molecule has 2 N–H and O–H groups in total. The van der Waals surface area contributed by atoms with Crippen molar-refractivity contribution in [2.24, 2.45) is 0 Å². The average Bonchev–Trinajstić information content (AvgIpc) is 3.04. The quantitative estimate of drug-likeness (QED) is 0.751. The first-order valence-electron chi connectivity index (χ1n) is 8.18. The highest BCUT2D eigenvalue weighted by atomic mass is 16.3. The highest BCUT2D eigenvalue weighted by Gasteiger charge is 2.24. The highest BCUT2D eigenvalue weighted by Crippen LogP contribution is 2.20. The van der Waals surface area contributed by atoms with E-state index in [9.17, 15) is 9.90 Å². The summed E-state index contributed by atoms with van der Waals surface area (Å²) in [7, 11) is 0. The summed E-state index contributed by atoms with van der Waals surface area (Å²) in [5.74, 6) is -0.372. The SMILES string of the molecule is C[C@H](NC(=O)c1ccc2nc(-c3cccc(C#N)c3)cn2n1)C(C)(C)O. The molecular weight excluding hydrogens is 330 g/mol. The molecule has 0 saturated carbocycles. The Kier molecular flexibility index (Phi) is 4.45. The number of nitrogens with zero attached hydrogens (tertiary/aromatic N) is 4. The summed E-state index contributed by atoms with van der Waals surface area (Å²) in [6, 6.07) is 12.1. The van der Waals surface area contributed by atoms with Crippen molar-refractivity contribution in [2.75, 3.05) is 0 Å². The Morgan fingerprint density at radius 2 is 2.12 bits per heavy atom. The molecule has 0 saturated heterocycles. The molecule has 0 spiro atoms. The lowest BCUT2D eigenvalue weighted by Gasteiger charge is -2.26. The smallest absolute Gasteiger partial charge is 0.272 e. The summed E-state index contributed by atoms with van der Waals surface area (Å²) in [4.78, 5) is 16.8. The van der Waals surface area contributed by atoms with Crippen LogP contribution in [-0.2, 0) is 0 Å². The molecule has 0 aliphatic rings. The Morgan fingerprint density at radius 1 is 1.35 bits per heavy atom. The summed E-state index contributed by atoms with van der Waals surface area (Å²) in [6.45, 7) is 4.99. The van der Waals surface area contributed by atoms with Gasteiger partial charge >= 0.3 is 0 Å². The molecule has 2 aromatic heterocycles. The van der Waals surface area contributed by atoms with Gasteiger partial charge in [-0.25, -0.2) is 9.50 Å². The number of imidazole rings is 1. The van der Waals surface area contributed by atoms with Crippen LogP contribution >= 0.6 is 0 Å². The molecule has 1 aromatic carbocycles. The second-order valence-electron chi connectivity index (χ2n) is 6.69. The minimum absolute atomic E-state index is 0.225. The molecule has 0 unspecified atom stereocenters. The van der Waals surface area contributed by atoms with Crippen LogP contribution in [-0.4, -0.2) is 37.3 Å². The van der Waals surface area contributed by atoms with Crippen molar-refractivity contribution in [1.29, 1.82) is 5.26 Å². The molecular formula is C19H19N5O2. The number of rotatable bonds is 4. The molecule has 0 aliphatic carbocycles. The monoisotopic (exact) mass is 349 g/mol. The fourth-order valence-electron chi connectivity index (χ4n) is 2.34. The van der Waals surface area contributed by atoms with Crippen LogP contribution in [0, 0.1) is 11.3 Å². The maximum Gasteiger partial charge on any atom is 0.272 e. The van der Waals surface area contributed by atoms with Gasteiger partial charge in [-0.3, -0.25) is 4.79 Å². The Hall–Kier alpha value is -3.24. The zero-order valence-electron chi connectivity index (χ0n) is 14.8. The standard InChI is InChI=1S/C19H19N5O2/c1-12(19(2,3)26)21-18(25)15-7-8-17-22-16(11-24(17)23-15)14-6-4-5-13(9-14)10-20/h4-9,11-12,26H,1-3H3,(H,21,25)/t12-/m0/s1. The summed E-state index contributed by atoms with van der Waals surface area (Å²) in [5.41, 5.74) is 1.80. The van der Waals surface area contributed by atoms with Crippen molar-refractivity contribution in [2.45, 2.75) is 32.4 Å². The molecule has 0 fully saturated rings. The topological polar surface area (TPSA) is 103 Å². The van der Waals surface area contributed by atoms with Gasteiger partial charge in [0, 0.05) is 5.56 Å². The third kappa shape index (κ3) is 3.55. The van der Waals surface area contributed by atoms with E-state index >= 15 is 0 Å². The van der Waals surface area contributed by atoms with E-state index in [1.165, 1.54) is 4.52 Å². The summed E-state index contributed by atoms with van der Waals surface area (Å²) in [6.07, 6.45) is 1.71. The average molecular weight is 349 g/mol. The largest absolute Gasteiger partial charge is 0.388 e. The van der Waals surface area contributed by atoms with Crippen LogP contribution in [0.1, 0.15) is 36.8 Å². The number of nitrogens with one attached hydrogen (secondary N) is 1. The number of hydrogen-bond donors (Lipinski definition) is 2. The number of hydrogen-bond acceptors (Lipinski definition) is 5. The molecule has 7 heteroatoms. The molecule has 2 heterocycles. The maximum atomic E-state index is 12.4. The third-order valence-corrected chi connectivity index (χ3v) is 4.25. The fourth-order valence-corrected chi connectivity index (χ4v) is 2.34. The minimum Gasteiger partial charge on any atom is -0.388 e. The van der Waals surface area contributed by atoms with Crippen LogP contribution in [0.15, 0.2) is 42.6 Å². The van der Waals surface area contributed by atoms with Crippen molar-refractivity contribution < 1.29 is 9.90 Å². The fraction of sp³-hybridized carbons (Fsp3) is 0.263. The number of nitriles is 1. The molecule has 0 bridgehead atoms. The second kappa shape index (κ2) is 6.58. The van der Waals surface area contributed by atoms with Crippen molar-refractivity contribution in [3.8, 4) is 17.3 Å². The zero-order valence-corrected chi connectivity index (χ0v) is 14.8. The molecule has 7 nitrogen and oxygen atoms in total. The maximum absolute atomic E-state index is 12.4. The van der Waals surface area contributed by atoms with Crippen LogP contribution in [0.3, 0.4) is 0 Å². The number of fused-ring (bicyclic) bond motifs is 1. The lowest BCUT2D eigenvalue weighted by molar-refractivity contribution is 0.0407.